The maximum atomic E-state index is 13.7. The van der Waals surface area contributed by atoms with Crippen LogP contribution in [0.1, 0.15) is 64.9 Å². The number of hydrogen-bond donors (Lipinski definition) is 0. The van der Waals surface area contributed by atoms with Gasteiger partial charge in [-0.2, -0.15) is 0 Å². The number of imide groups is 1. The van der Waals surface area contributed by atoms with E-state index >= 15 is 0 Å². The topological polar surface area (TPSA) is 75.6 Å². The first-order chi connectivity index (χ1) is 13.7. The molecule has 1 saturated carbocycles. The third-order valence-electron chi connectivity index (χ3n) is 6.12. The number of hydrogen-bond acceptors (Lipinski definition) is 7. The van der Waals surface area contributed by atoms with Crippen molar-refractivity contribution in [2.45, 2.75) is 88.1 Å². The van der Waals surface area contributed by atoms with E-state index in [0.717, 1.165) is 42.2 Å². The summed E-state index contributed by atoms with van der Waals surface area (Å²) in [6.07, 6.45) is 10.1. The predicted molar refractivity (Wildman–Crippen MR) is 112 cm³/mol. The molecule has 2 amide bonds. The van der Waals surface area contributed by atoms with Gasteiger partial charge >= 0.3 is 6.09 Å². The molecular weight excluding hydrogens is 388 g/mol. The number of amides is 2. The van der Waals surface area contributed by atoms with Crippen LogP contribution in [0.25, 0.3) is 0 Å². The lowest BCUT2D eigenvalue weighted by Crippen LogP contribution is -2.58. The van der Waals surface area contributed by atoms with Gasteiger partial charge in [0.05, 0.1) is 0 Å². The second-order valence-electron chi connectivity index (χ2n) is 9.26. The van der Waals surface area contributed by atoms with Gasteiger partial charge in [0, 0.05) is 30.8 Å². The molecule has 1 spiro atoms. The summed E-state index contributed by atoms with van der Waals surface area (Å²) >= 11 is 1.51. The zero-order chi connectivity index (χ0) is 20.8. The van der Waals surface area contributed by atoms with E-state index < -0.39 is 17.2 Å². The van der Waals surface area contributed by atoms with Gasteiger partial charge in [0.15, 0.2) is 5.16 Å². The number of carbonyl (C=O) groups excluding carboxylic acids is 2. The molecule has 1 aromatic heterocycles. The molecule has 0 N–H and O–H groups in total. The number of thioether (sulfide) groups is 1. The molecule has 1 aromatic rings. The third-order valence-corrected chi connectivity index (χ3v) is 6.68. The van der Waals surface area contributed by atoms with Crippen molar-refractivity contribution in [1.29, 1.82) is 0 Å². The summed E-state index contributed by atoms with van der Waals surface area (Å²) in [7, 11) is 0. The summed E-state index contributed by atoms with van der Waals surface area (Å²) < 4.78 is 5.51. The Labute approximate surface area is 176 Å². The van der Waals surface area contributed by atoms with Crippen LogP contribution in [-0.2, 0) is 16.0 Å². The van der Waals surface area contributed by atoms with Gasteiger partial charge in [-0.1, -0.05) is 31.0 Å². The molecule has 0 unspecified atom stereocenters. The van der Waals surface area contributed by atoms with Crippen LogP contribution in [-0.4, -0.2) is 56.9 Å². The Bertz CT molecular complexity index is 819. The van der Waals surface area contributed by atoms with Crippen LogP contribution in [0.5, 0.6) is 0 Å². The van der Waals surface area contributed by atoms with Gasteiger partial charge in [-0.15, -0.1) is 0 Å². The van der Waals surface area contributed by atoms with Crippen molar-refractivity contribution in [3.63, 3.8) is 0 Å². The highest BCUT2D eigenvalue weighted by Gasteiger charge is 2.59. The molecule has 29 heavy (non-hydrogen) atoms. The molecular formula is C21H30N4O3S. The Morgan fingerprint density at radius 3 is 2.66 bits per heavy atom. The van der Waals surface area contributed by atoms with Gasteiger partial charge in [0.1, 0.15) is 17.0 Å². The summed E-state index contributed by atoms with van der Waals surface area (Å²) in [4.78, 5) is 39.2. The lowest BCUT2D eigenvalue weighted by Gasteiger charge is -2.42. The summed E-state index contributed by atoms with van der Waals surface area (Å²) in [6.45, 7) is 5.84. The zero-order valence-electron chi connectivity index (χ0n) is 17.7. The lowest BCUT2D eigenvalue weighted by molar-refractivity contribution is -0.131. The lowest BCUT2D eigenvalue weighted by atomic mass is 9.87. The molecule has 1 atom stereocenters. The molecule has 2 fully saturated rings. The molecule has 1 aliphatic carbocycles. The first kappa shape index (κ1) is 20.4. The molecule has 4 rings (SSSR count). The quantitative estimate of drug-likeness (QED) is 0.534. The number of fused-ring (bicyclic) bond motifs is 1. The largest absolute Gasteiger partial charge is 0.443 e. The average Bonchev–Trinajstić information content (AvgIpc) is 3.18. The standard InChI is InChI=1S/C21H30N4O3S/c1-20(2,3)28-19(27)24-11-10-21(17(24)26)12-14-13-22-18(29-4)23-16(14)25(21)15-8-6-5-7-9-15/h13,15H,5-12H2,1-4H3/t21-/m0/s1. The van der Waals surface area contributed by atoms with Crippen LogP contribution in [0.3, 0.4) is 0 Å². The molecule has 158 valence electrons. The number of rotatable bonds is 2. The molecule has 0 bridgehead atoms. The summed E-state index contributed by atoms with van der Waals surface area (Å²) in [6, 6.07) is 0.275. The molecule has 3 aliphatic rings. The second kappa shape index (κ2) is 7.45. The Hall–Kier alpha value is -1.83. The van der Waals surface area contributed by atoms with Crippen LogP contribution in [0.2, 0.25) is 0 Å². The number of ether oxygens (including phenoxy) is 1. The predicted octanol–water partition coefficient (Wildman–Crippen LogP) is 3.80. The van der Waals surface area contributed by atoms with Crippen molar-refractivity contribution in [1.82, 2.24) is 14.9 Å². The molecule has 0 radical (unpaired) electrons. The van der Waals surface area contributed by atoms with E-state index in [1.54, 1.807) is 0 Å². The Morgan fingerprint density at radius 2 is 2.00 bits per heavy atom. The van der Waals surface area contributed by atoms with E-state index in [1.807, 2.05) is 33.2 Å². The number of likely N-dealkylation sites (tertiary alicyclic amines) is 1. The highest BCUT2D eigenvalue weighted by atomic mass is 32.2. The Balaban J connectivity index is 1.70. The summed E-state index contributed by atoms with van der Waals surface area (Å²) in [5, 5.41) is 0.719. The van der Waals surface area contributed by atoms with Gasteiger partial charge in [-0.25, -0.2) is 19.7 Å². The molecule has 7 nitrogen and oxygen atoms in total. The van der Waals surface area contributed by atoms with Gasteiger partial charge in [0.25, 0.3) is 5.91 Å². The minimum absolute atomic E-state index is 0.152. The van der Waals surface area contributed by atoms with Crippen LogP contribution < -0.4 is 4.90 Å². The summed E-state index contributed by atoms with van der Waals surface area (Å²) in [5.74, 6) is 0.733. The maximum absolute atomic E-state index is 13.7. The van der Waals surface area contributed by atoms with Gasteiger partial charge in [-0.3, -0.25) is 4.79 Å². The van der Waals surface area contributed by atoms with Crippen molar-refractivity contribution >= 4 is 29.6 Å². The van der Waals surface area contributed by atoms with Crippen LogP contribution in [0.15, 0.2) is 11.4 Å². The minimum atomic E-state index is -0.743. The fraction of sp³-hybridized carbons (Fsp3) is 0.714. The van der Waals surface area contributed by atoms with Crippen LogP contribution in [0.4, 0.5) is 10.6 Å². The van der Waals surface area contributed by atoms with E-state index in [1.165, 1.54) is 23.1 Å². The Morgan fingerprint density at radius 1 is 1.28 bits per heavy atom. The fourth-order valence-corrected chi connectivity index (χ4v) is 5.25. The zero-order valence-corrected chi connectivity index (χ0v) is 18.5. The van der Waals surface area contributed by atoms with E-state index in [9.17, 15) is 9.59 Å². The van der Waals surface area contributed by atoms with Crippen LogP contribution >= 0.6 is 11.8 Å². The average molecular weight is 419 g/mol. The fourth-order valence-electron chi connectivity index (χ4n) is 4.91. The first-order valence-electron chi connectivity index (χ1n) is 10.5. The molecule has 1 saturated heterocycles. The molecule has 3 heterocycles. The van der Waals surface area contributed by atoms with E-state index in [4.69, 9.17) is 9.72 Å². The monoisotopic (exact) mass is 418 g/mol. The van der Waals surface area contributed by atoms with Gasteiger partial charge in [0.2, 0.25) is 0 Å². The van der Waals surface area contributed by atoms with Crippen molar-refractivity contribution in [3.05, 3.63) is 11.8 Å². The minimum Gasteiger partial charge on any atom is -0.443 e. The van der Waals surface area contributed by atoms with Crippen molar-refractivity contribution in [2.75, 3.05) is 17.7 Å². The van der Waals surface area contributed by atoms with Crippen molar-refractivity contribution in [2.24, 2.45) is 0 Å². The van der Waals surface area contributed by atoms with Gasteiger partial charge < -0.3 is 9.64 Å². The van der Waals surface area contributed by atoms with E-state index in [-0.39, 0.29) is 11.9 Å². The second-order valence-corrected chi connectivity index (χ2v) is 10.0. The number of nitrogens with zero attached hydrogens (tertiary/aromatic N) is 4. The molecule has 0 aromatic carbocycles. The normalized spacial score (nSPS) is 25.0. The summed E-state index contributed by atoms with van der Waals surface area (Å²) in [5.41, 5.74) is -0.367. The highest BCUT2D eigenvalue weighted by molar-refractivity contribution is 7.98. The number of carbonyl (C=O) groups is 2. The highest BCUT2D eigenvalue weighted by Crippen LogP contribution is 2.47. The maximum Gasteiger partial charge on any atom is 0.417 e. The first-order valence-corrected chi connectivity index (χ1v) is 11.7. The van der Waals surface area contributed by atoms with Crippen molar-refractivity contribution in [3.8, 4) is 0 Å². The van der Waals surface area contributed by atoms with Crippen molar-refractivity contribution < 1.29 is 14.3 Å². The van der Waals surface area contributed by atoms with Crippen LogP contribution in [0, 0.1) is 0 Å². The third kappa shape index (κ3) is 3.60. The number of anilines is 1. The number of aromatic nitrogens is 2. The van der Waals surface area contributed by atoms with E-state index in [2.05, 4.69) is 9.88 Å². The van der Waals surface area contributed by atoms with E-state index in [0.29, 0.717) is 19.4 Å². The van der Waals surface area contributed by atoms with Gasteiger partial charge in [-0.05, 0) is 46.3 Å². The smallest absolute Gasteiger partial charge is 0.417 e. The SMILES string of the molecule is CSc1ncc2c(n1)N(C1CCCCC1)[C@@]1(CCN(C(=O)OC(C)(C)C)C1=O)C2. The Kier molecular flexibility index (Phi) is 5.25. The molecule has 2 aliphatic heterocycles. The molecule has 8 heteroatoms.